The van der Waals surface area contributed by atoms with Crippen LogP contribution in [0.25, 0.3) is 0 Å². The summed E-state index contributed by atoms with van der Waals surface area (Å²) < 4.78 is 0. The highest BCUT2D eigenvalue weighted by atomic mass is 16.3. The molecule has 3 N–H and O–H groups in total. The molecule has 1 aliphatic heterocycles. The lowest BCUT2D eigenvalue weighted by atomic mass is 9.72. The molecule has 1 aromatic heterocycles. The van der Waals surface area contributed by atoms with Crippen molar-refractivity contribution in [3.8, 4) is 0 Å². The normalized spacial score (nSPS) is 26.3. The molecule has 4 rings (SSSR count). The standard InChI is InChI=1S/C19H23N3O/c20-17-15-6-1-2-7-16(15)19(18(17)23)8-11-22(12-9-19)13-14-5-3-4-10-21-14/h1-7,10,17-18,23H,8-9,11-13,20H2/t17-,18+/m0/s1. The van der Waals surface area contributed by atoms with Crippen LogP contribution in [-0.4, -0.2) is 34.2 Å². The van der Waals surface area contributed by atoms with Crippen LogP contribution >= 0.6 is 0 Å². The van der Waals surface area contributed by atoms with E-state index in [4.69, 9.17) is 5.73 Å². The summed E-state index contributed by atoms with van der Waals surface area (Å²) in [6.45, 7) is 2.81. The number of aliphatic hydroxyl groups is 1. The van der Waals surface area contributed by atoms with E-state index in [1.54, 1.807) is 0 Å². The van der Waals surface area contributed by atoms with Gasteiger partial charge < -0.3 is 10.8 Å². The van der Waals surface area contributed by atoms with Crippen molar-refractivity contribution < 1.29 is 5.11 Å². The number of nitrogens with two attached hydrogens (primary N) is 1. The van der Waals surface area contributed by atoms with Crippen LogP contribution in [-0.2, 0) is 12.0 Å². The molecule has 0 unspecified atom stereocenters. The summed E-state index contributed by atoms with van der Waals surface area (Å²) in [6.07, 6.45) is 3.27. The Bertz CT molecular complexity index is 680. The molecule has 4 nitrogen and oxygen atoms in total. The molecule has 1 saturated heterocycles. The number of piperidine rings is 1. The zero-order valence-corrected chi connectivity index (χ0v) is 13.2. The number of fused-ring (bicyclic) bond motifs is 2. The number of rotatable bonds is 2. The molecule has 0 bridgehead atoms. The van der Waals surface area contributed by atoms with E-state index in [1.807, 2.05) is 24.4 Å². The SMILES string of the molecule is N[C@H]1c2ccccc2C2(CCN(Cc3ccccn3)CC2)[C@@H]1O. The maximum atomic E-state index is 10.8. The summed E-state index contributed by atoms with van der Waals surface area (Å²) in [5.41, 5.74) is 9.60. The van der Waals surface area contributed by atoms with Crippen LogP contribution in [0, 0.1) is 0 Å². The molecule has 1 spiro atoms. The van der Waals surface area contributed by atoms with Crippen LogP contribution in [0.2, 0.25) is 0 Å². The lowest BCUT2D eigenvalue weighted by molar-refractivity contribution is 0.0268. The van der Waals surface area contributed by atoms with Crippen molar-refractivity contribution in [1.82, 2.24) is 9.88 Å². The van der Waals surface area contributed by atoms with Gasteiger partial charge in [-0.15, -0.1) is 0 Å². The fraction of sp³-hybridized carbons (Fsp3) is 0.421. The molecule has 2 atom stereocenters. The Morgan fingerprint density at radius 2 is 1.87 bits per heavy atom. The first-order valence-corrected chi connectivity index (χ1v) is 8.36. The van der Waals surface area contributed by atoms with E-state index in [0.717, 1.165) is 43.7 Å². The van der Waals surface area contributed by atoms with Gasteiger partial charge in [-0.05, 0) is 49.2 Å². The lowest BCUT2D eigenvalue weighted by Gasteiger charge is -2.42. The Kier molecular flexibility index (Phi) is 3.68. The van der Waals surface area contributed by atoms with Crippen molar-refractivity contribution in [2.24, 2.45) is 5.73 Å². The predicted molar refractivity (Wildman–Crippen MR) is 89.8 cm³/mol. The molecule has 23 heavy (non-hydrogen) atoms. The molecule has 0 saturated carbocycles. The van der Waals surface area contributed by atoms with Crippen LogP contribution in [0.15, 0.2) is 48.7 Å². The third kappa shape index (κ3) is 2.38. The van der Waals surface area contributed by atoms with Crippen LogP contribution in [0.3, 0.4) is 0 Å². The second kappa shape index (κ2) is 5.71. The van der Waals surface area contributed by atoms with E-state index >= 15 is 0 Å². The van der Waals surface area contributed by atoms with Gasteiger partial charge in [0.25, 0.3) is 0 Å². The number of benzene rings is 1. The Labute approximate surface area is 137 Å². The monoisotopic (exact) mass is 309 g/mol. The Hall–Kier alpha value is -1.75. The number of likely N-dealkylation sites (tertiary alicyclic amines) is 1. The zero-order chi connectivity index (χ0) is 15.9. The Morgan fingerprint density at radius 3 is 2.61 bits per heavy atom. The van der Waals surface area contributed by atoms with Gasteiger partial charge in [-0.3, -0.25) is 9.88 Å². The second-order valence-electron chi connectivity index (χ2n) is 6.81. The highest BCUT2D eigenvalue weighted by molar-refractivity contribution is 5.45. The summed E-state index contributed by atoms with van der Waals surface area (Å²) in [6, 6.07) is 14.1. The highest BCUT2D eigenvalue weighted by Gasteiger charge is 2.51. The topological polar surface area (TPSA) is 62.4 Å². The summed E-state index contributed by atoms with van der Waals surface area (Å²) in [5.74, 6) is 0. The maximum absolute atomic E-state index is 10.8. The molecule has 1 fully saturated rings. The lowest BCUT2D eigenvalue weighted by Crippen LogP contribution is -2.48. The summed E-state index contributed by atoms with van der Waals surface area (Å²) in [4.78, 5) is 6.84. The van der Waals surface area contributed by atoms with E-state index in [9.17, 15) is 5.11 Å². The summed E-state index contributed by atoms with van der Waals surface area (Å²) >= 11 is 0. The van der Waals surface area contributed by atoms with Gasteiger partial charge in [0.2, 0.25) is 0 Å². The van der Waals surface area contributed by atoms with E-state index in [-0.39, 0.29) is 11.5 Å². The Balaban J connectivity index is 1.53. The number of hydrogen-bond donors (Lipinski definition) is 2. The van der Waals surface area contributed by atoms with Crippen molar-refractivity contribution in [3.63, 3.8) is 0 Å². The van der Waals surface area contributed by atoms with Gasteiger partial charge in [0.15, 0.2) is 0 Å². The fourth-order valence-corrected chi connectivity index (χ4v) is 4.31. The van der Waals surface area contributed by atoms with Crippen molar-refractivity contribution in [2.45, 2.75) is 36.9 Å². The van der Waals surface area contributed by atoms with Gasteiger partial charge in [0.05, 0.1) is 17.8 Å². The van der Waals surface area contributed by atoms with Gasteiger partial charge >= 0.3 is 0 Å². The van der Waals surface area contributed by atoms with Gasteiger partial charge in [-0.1, -0.05) is 30.3 Å². The molecular formula is C19H23N3O. The number of pyridine rings is 1. The molecule has 1 aromatic carbocycles. The minimum Gasteiger partial charge on any atom is -0.390 e. The average Bonchev–Trinajstić information content (AvgIpc) is 2.81. The molecule has 4 heteroatoms. The fourth-order valence-electron chi connectivity index (χ4n) is 4.31. The predicted octanol–water partition coefficient (Wildman–Crippen LogP) is 1.99. The minimum atomic E-state index is -0.475. The quantitative estimate of drug-likeness (QED) is 0.890. The van der Waals surface area contributed by atoms with Crippen LogP contribution in [0.4, 0.5) is 0 Å². The van der Waals surface area contributed by atoms with Crippen LogP contribution in [0.1, 0.15) is 35.7 Å². The number of aliphatic hydroxyl groups excluding tert-OH is 1. The molecule has 1 aliphatic carbocycles. The molecule has 2 aliphatic rings. The smallest absolute Gasteiger partial charge is 0.0830 e. The molecule has 0 amide bonds. The molecule has 0 radical (unpaired) electrons. The first-order valence-electron chi connectivity index (χ1n) is 8.36. The second-order valence-corrected chi connectivity index (χ2v) is 6.81. The highest BCUT2D eigenvalue weighted by Crippen LogP contribution is 2.50. The molecular weight excluding hydrogens is 286 g/mol. The van der Waals surface area contributed by atoms with E-state index < -0.39 is 6.10 Å². The molecule has 120 valence electrons. The number of aromatic nitrogens is 1. The van der Waals surface area contributed by atoms with Crippen molar-refractivity contribution in [2.75, 3.05) is 13.1 Å². The van der Waals surface area contributed by atoms with Gasteiger partial charge in [0, 0.05) is 18.2 Å². The summed E-state index contributed by atoms with van der Waals surface area (Å²) in [5, 5.41) is 10.8. The largest absolute Gasteiger partial charge is 0.390 e. The van der Waals surface area contributed by atoms with E-state index in [2.05, 4.69) is 34.1 Å². The maximum Gasteiger partial charge on any atom is 0.0830 e. The first kappa shape index (κ1) is 14.8. The average molecular weight is 309 g/mol. The third-order valence-electron chi connectivity index (χ3n) is 5.62. The minimum absolute atomic E-state index is 0.170. The van der Waals surface area contributed by atoms with Crippen molar-refractivity contribution in [3.05, 3.63) is 65.5 Å². The van der Waals surface area contributed by atoms with Crippen LogP contribution in [0.5, 0.6) is 0 Å². The van der Waals surface area contributed by atoms with Crippen molar-refractivity contribution in [1.29, 1.82) is 0 Å². The first-order chi connectivity index (χ1) is 11.2. The molecule has 2 aromatic rings. The third-order valence-corrected chi connectivity index (χ3v) is 5.62. The van der Waals surface area contributed by atoms with Gasteiger partial charge in [0.1, 0.15) is 0 Å². The van der Waals surface area contributed by atoms with Crippen LogP contribution < -0.4 is 5.73 Å². The number of hydrogen-bond acceptors (Lipinski definition) is 4. The summed E-state index contributed by atoms with van der Waals surface area (Å²) in [7, 11) is 0. The molecule has 2 heterocycles. The van der Waals surface area contributed by atoms with Crippen molar-refractivity contribution >= 4 is 0 Å². The zero-order valence-electron chi connectivity index (χ0n) is 13.2. The van der Waals surface area contributed by atoms with Gasteiger partial charge in [-0.2, -0.15) is 0 Å². The van der Waals surface area contributed by atoms with Gasteiger partial charge in [-0.25, -0.2) is 0 Å². The number of nitrogens with zero attached hydrogens (tertiary/aromatic N) is 2. The van der Waals surface area contributed by atoms with E-state index in [0.29, 0.717) is 0 Å². The Morgan fingerprint density at radius 1 is 1.13 bits per heavy atom. The van der Waals surface area contributed by atoms with E-state index in [1.165, 1.54) is 5.56 Å².